The number of hydrogen-bond acceptors (Lipinski definition) is 5. The predicted molar refractivity (Wildman–Crippen MR) is 58.0 cm³/mol. The summed E-state index contributed by atoms with van der Waals surface area (Å²) in [4.78, 5) is 4.01. The van der Waals surface area contributed by atoms with Gasteiger partial charge >= 0.3 is 0 Å². The van der Waals surface area contributed by atoms with E-state index in [-0.39, 0.29) is 12.4 Å². The first-order chi connectivity index (χ1) is 7.72. The van der Waals surface area contributed by atoms with Crippen LogP contribution in [0.2, 0.25) is 0 Å². The summed E-state index contributed by atoms with van der Waals surface area (Å²) in [5, 5.41) is 22.3. The van der Waals surface area contributed by atoms with Crippen molar-refractivity contribution in [2.24, 2.45) is 0 Å². The Morgan fingerprint density at radius 1 is 1.56 bits per heavy atom. The third-order valence-corrected chi connectivity index (χ3v) is 2.81. The Morgan fingerprint density at radius 3 is 2.88 bits per heavy atom. The Balaban J connectivity index is 2.12. The summed E-state index contributed by atoms with van der Waals surface area (Å²) in [7, 11) is 0. The summed E-state index contributed by atoms with van der Waals surface area (Å²) in [6.45, 7) is 3.57. The third kappa shape index (κ3) is 2.16. The average molecular weight is 224 g/mol. The highest BCUT2D eigenvalue weighted by molar-refractivity contribution is 5.40. The van der Waals surface area contributed by atoms with Crippen molar-refractivity contribution < 1.29 is 14.9 Å². The van der Waals surface area contributed by atoms with Gasteiger partial charge in [0.15, 0.2) is 0 Å². The molecule has 1 aliphatic heterocycles. The zero-order valence-electron chi connectivity index (χ0n) is 9.23. The molecule has 1 saturated heterocycles. The molecule has 0 bridgehead atoms. The molecule has 2 heterocycles. The van der Waals surface area contributed by atoms with Gasteiger partial charge in [-0.1, -0.05) is 0 Å². The van der Waals surface area contributed by atoms with Crippen LogP contribution in [0.15, 0.2) is 6.20 Å². The molecule has 16 heavy (non-hydrogen) atoms. The zero-order valence-corrected chi connectivity index (χ0v) is 9.23. The smallest absolute Gasteiger partial charge is 0.141 e. The fraction of sp³-hybridized carbons (Fsp3) is 0.545. The van der Waals surface area contributed by atoms with Crippen LogP contribution in [0, 0.1) is 6.92 Å². The largest absolute Gasteiger partial charge is 0.506 e. The van der Waals surface area contributed by atoms with Crippen molar-refractivity contribution in [2.45, 2.75) is 26.1 Å². The lowest BCUT2D eigenvalue weighted by molar-refractivity contribution is -0.00590. The van der Waals surface area contributed by atoms with Gasteiger partial charge in [0.2, 0.25) is 0 Å². The molecule has 0 radical (unpaired) electrons. The van der Waals surface area contributed by atoms with E-state index in [1.807, 2.05) is 0 Å². The molecule has 1 fully saturated rings. The van der Waals surface area contributed by atoms with E-state index in [0.717, 1.165) is 5.56 Å². The van der Waals surface area contributed by atoms with Crippen LogP contribution in [0.25, 0.3) is 0 Å². The molecule has 3 N–H and O–H groups in total. The van der Waals surface area contributed by atoms with E-state index in [4.69, 9.17) is 9.84 Å². The van der Waals surface area contributed by atoms with E-state index >= 15 is 0 Å². The molecule has 0 unspecified atom stereocenters. The maximum Gasteiger partial charge on any atom is 0.141 e. The Hall–Kier alpha value is -1.17. The Bertz CT molecular complexity index is 378. The molecular weight excluding hydrogens is 208 g/mol. The van der Waals surface area contributed by atoms with Gasteiger partial charge in [-0.3, -0.25) is 4.98 Å². The van der Waals surface area contributed by atoms with Crippen molar-refractivity contribution in [2.75, 3.05) is 13.2 Å². The van der Waals surface area contributed by atoms with Gasteiger partial charge in [-0.25, -0.2) is 0 Å². The van der Waals surface area contributed by atoms with Crippen molar-refractivity contribution in [1.29, 1.82) is 0 Å². The SMILES string of the molecule is Cc1ncc(CO)c(CNC2COC2)c1O. The second-order valence-corrected chi connectivity index (χ2v) is 3.97. The molecule has 1 aliphatic rings. The molecule has 0 aromatic carbocycles. The molecule has 0 saturated carbocycles. The quantitative estimate of drug-likeness (QED) is 0.675. The van der Waals surface area contributed by atoms with Gasteiger partial charge in [-0.15, -0.1) is 0 Å². The first kappa shape index (κ1) is 11.3. The normalized spacial score (nSPS) is 16.1. The first-order valence-corrected chi connectivity index (χ1v) is 5.30. The second-order valence-electron chi connectivity index (χ2n) is 3.97. The van der Waals surface area contributed by atoms with Crippen LogP contribution in [0.5, 0.6) is 5.75 Å². The average Bonchev–Trinajstić information content (AvgIpc) is 2.22. The van der Waals surface area contributed by atoms with Crippen molar-refractivity contribution in [3.63, 3.8) is 0 Å². The van der Waals surface area contributed by atoms with Crippen LogP contribution in [0.4, 0.5) is 0 Å². The van der Waals surface area contributed by atoms with Gasteiger partial charge in [-0.05, 0) is 6.92 Å². The van der Waals surface area contributed by atoms with E-state index in [0.29, 0.717) is 37.1 Å². The van der Waals surface area contributed by atoms with Gasteiger partial charge in [0, 0.05) is 23.9 Å². The Morgan fingerprint density at radius 2 is 2.31 bits per heavy atom. The summed E-state index contributed by atoms with van der Waals surface area (Å²) < 4.78 is 5.05. The first-order valence-electron chi connectivity index (χ1n) is 5.30. The number of aliphatic hydroxyl groups excluding tert-OH is 1. The number of pyridine rings is 1. The molecule has 2 rings (SSSR count). The number of aryl methyl sites for hydroxylation is 1. The molecule has 0 aliphatic carbocycles. The lowest BCUT2D eigenvalue weighted by Crippen LogP contribution is -2.45. The molecule has 5 heteroatoms. The van der Waals surface area contributed by atoms with Gasteiger partial charge in [0.1, 0.15) is 5.75 Å². The topological polar surface area (TPSA) is 74.6 Å². The summed E-state index contributed by atoms with van der Waals surface area (Å²) in [6, 6.07) is 0.347. The molecule has 0 spiro atoms. The van der Waals surface area contributed by atoms with E-state index < -0.39 is 0 Å². The number of aliphatic hydroxyl groups is 1. The van der Waals surface area contributed by atoms with Gasteiger partial charge < -0.3 is 20.3 Å². The maximum atomic E-state index is 9.87. The predicted octanol–water partition coefficient (Wildman–Crippen LogP) is 0.0763. The number of aromatic hydroxyl groups is 1. The molecule has 5 nitrogen and oxygen atoms in total. The van der Waals surface area contributed by atoms with Gasteiger partial charge in [-0.2, -0.15) is 0 Å². The van der Waals surface area contributed by atoms with Crippen molar-refractivity contribution >= 4 is 0 Å². The minimum Gasteiger partial charge on any atom is -0.506 e. The minimum atomic E-state index is -0.112. The lowest BCUT2D eigenvalue weighted by atomic mass is 10.1. The number of ether oxygens (including phenoxy) is 1. The van der Waals surface area contributed by atoms with Crippen LogP contribution >= 0.6 is 0 Å². The Labute approximate surface area is 94.1 Å². The summed E-state index contributed by atoms with van der Waals surface area (Å²) in [5.74, 6) is 0.166. The maximum absolute atomic E-state index is 9.87. The number of nitrogens with one attached hydrogen (secondary N) is 1. The van der Waals surface area contributed by atoms with Crippen LogP contribution in [0.1, 0.15) is 16.8 Å². The monoisotopic (exact) mass is 224 g/mol. The molecule has 1 aromatic heterocycles. The van der Waals surface area contributed by atoms with Gasteiger partial charge in [0.25, 0.3) is 0 Å². The molecule has 0 atom stereocenters. The van der Waals surface area contributed by atoms with Crippen molar-refractivity contribution in [3.8, 4) is 5.75 Å². The second kappa shape index (κ2) is 4.78. The van der Waals surface area contributed by atoms with Crippen molar-refractivity contribution in [3.05, 3.63) is 23.0 Å². The molecular formula is C11H16N2O3. The highest BCUT2D eigenvalue weighted by Gasteiger charge is 2.19. The molecule has 1 aromatic rings. The summed E-state index contributed by atoms with van der Waals surface area (Å²) in [6.07, 6.45) is 1.60. The van der Waals surface area contributed by atoms with E-state index in [9.17, 15) is 5.11 Å². The highest BCUT2D eigenvalue weighted by Crippen LogP contribution is 2.23. The van der Waals surface area contributed by atoms with Gasteiger partial charge in [0.05, 0.1) is 31.6 Å². The van der Waals surface area contributed by atoms with Crippen LogP contribution in [-0.4, -0.2) is 34.5 Å². The zero-order chi connectivity index (χ0) is 11.5. The Kier molecular flexibility index (Phi) is 3.38. The fourth-order valence-corrected chi connectivity index (χ4v) is 1.62. The van der Waals surface area contributed by atoms with Crippen molar-refractivity contribution in [1.82, 2.24) is 10.3 Å². The van der Waals surface area contributed by atoms with Crippen LogP contribution < -0.4 is 5.32 Å². The molecule has 0 amide bonds. The van der Waals surface area contributed by atoms with E-state index in [2.05, 4.69) is 10.3 Å². The number of hydrogen-bond donors (Lipinski definition) is 3. The highest BCUT2D eigenvalue weighted by atomic mass is 16.5. The van der Waals surface area contributed by atoms with Crippen LogP contribution in [-0.2, 0) is 17.9 Å². The summed E-state index contributed by atoms with van der Waals surface area (Å²) in [5.41, 5.74) is 1.97. The van der Waals surface area contributed by atoms with E-state index in [1.165, 1.54) is 0 Å². The van der Waals surface area contributed by atoms with Crippen LogP contribution in [0.3, 0.4) is 0 Å². The minimum absolute atomic E-state index is 0.112. The number of nitrogens with zero attached hydrogens (tertiary/aromatic N) is 1. The summed E-state index contributed by atoms with van der Waals surface area (Å²) >= 11 is 0. The third-order valence-electron chi connectivity index (χ3n) is 2.81. The van der Waals surface area contributed by atoms with E-state index in [1.54, 1.807) is 13.1 Å². The number of rotatable bonds is 4. The number of aromatic nitrogens is 1. The lowest BCUT2D eigenvalue weighted by Gasteiger charge is -2.27. The molecule has 88 valence electrons. The fourth-order valence-electron chi connectivity index (χ4n) is 1.62. The standard InChI is InChI=1S/C11H16N2O3/c1-7-11(15)10(8(4-14)2-12-7)3-13-9-5-16-6-9/h2,9,13-15H,3-6H2,1H3.